The number of rotatable bonds is 4. The number of ether oxygens (including phenoxy) is 1. The van der Waals surface area contributed by atoms with Crippen LogP contribution in [0.4, 0.5) is 5.69 Å². The van der Waals surface area contributed by atoms with Gasteiger partial charge in [0.2, 0.25) is 0 Å². The van der Waals surface area contributed by atoms with E-state index in [-0.39, 0.29) is 5.41 Å². The second-order valence-electron chi connectivity index (χ2n) is 5.05. The molecule has 1 aliphatic heterocycles. The molecular weight excluding hydrogens is 212 g/mol. The standard InChI is InChI=1S/C14H22N2O/c1-16(13-6-3-2-4-7-13)11-14(10-15)8-5-9-17-12-14/h2-4,6-7H,5,8-12,15H2,1H3. The van der Waals surface area contributed by atoms with Crippen LogP contribution in [0.5, 0.6) is 0 Å². The zero-order valence-electron chi connectivity index (χ0n) is 10.6. The Kier molecular flexibility index (Phi) is 4.02. The lowest BCUT2D eigenvalue weighted by Gasteiger charge is -2.39. The van der Waals surface area contributed by atoms with Crippen molar-refractivity contribution in [3.8, 4) is 0 Å². The molecule has 2 N–H and O–H groups in total. The predicted molar refractivity (Wildman–Crippen MR) is 71.3 cm³/mol. The summed E-state index contributed by atoms with van der Waals surface area (Å²) in [5.41, 5.74) is 7.33. The Bertz CT molecular complexity index is 333. The van der Waals surface area contributed by atoms with Gasteiger partial charge >= 0.3 is 0 Å². The first-order valence-electron chi connectivity index (χ1n) is 6.30. The Labute approximate surface area is 104 Å². The summed E-state index contributed by atoms with van der Waals surface area (Å²) in [5.74, 6) is 0. The van der Waals surface area contributed by atoms with Gasteiger partial charge in [0.25, 0.3) is 0 Å². The number of benzene rings is 1. The molecule has 94 valence electrons. The van der Waals surface area contributed by atoms with Gasteiger partial charge in [0.15, 0.2) is 0 Å². The fraction of sp³-hybridized carbons (Fsp3) is 0.571. The number of nitrogens with two attached hydrogens (primary N) is 1. The summed E-state index contributed by atoms with van der Waals surface area (Å²) in [6.07, 6.45) is 2.29. The molecule has 1 aromatic rings. The molecule has 1 aliphatic rings. The van der Waals surface area contributed by atoms with Crippen molar-refractivity contribution in [3.05, 3.63) is 30.3 Å². The maximum atomic E-state index is 5.96. The van der Waals surface area contributed by atoms with Crippen LogP contribution in [0.1, 0.15) is 12.8 Å². The highest BCUT2D eigenvalue weighted by molar-refractivity contribution is 5.45. The van der Waals surface area contributed by atoms with E-state index >= 15 is 0 Å². The Hall–Kier alpha value is -1.06. The molecule has 0 radical (unpaired) electrons. The molecule has 1 aromatic carbocycles. The van der Waals surface area contributed by atoms with E-state index in [1.54, 1.807) is 0 Å². The topological polar surface area (TPSA) is 38.5 Å². The Morgan fingerprint density at radius 2 is 2.12 bits per heavy atom. The van der Waals surface area contributed by atoms with E-state index in [2.05, 4.69) is 36.2 Å². The Morgan fingerprint density at radius 1 is 1.35 bits per heavy atom. The molecule has 0 aliphatic carbocycles. The van der Waals surface area contributed by atoms with Crippen LogP contribution in [0.15, 0.2) is 30.3 Å². The highest BCUT2D eigenvalue weighted by Gasteiger charge is 2.32. The zero-order valence-corrected chi connectivity index (χ0v) is 10.6. The first-order chi connectivity index (χ1) is 8.26. The first-order valence-corrected chi connectivity index (χ1v) is 6.30. The first kappa shape index (κ1) is 12.4. The lowest BCUT2D eigenvalue weighted by atomic mass is 9.82. The Morgan fingerprint density at radius 3 is 2.71 bits per heavy atom. The lowest BCUT2D eigenvalue weighted by Crippen LogP contribution is -2.46. The molecule has 2 rings (SSSR count). The number of nitrogens with zero attached hydrogens (tertiary/aromatic N) is 1. The summed E-state index contributed by atoms with van der Waals surface area (Å²) < 4.78 is 5.61. The van der Waals surface area contributed by atoms with E-state index in [4.69, 9.17) is 10.5 Å². The van der Waals surface area contributed by atoms with Crippen molar-refractivity contribution in [2.75, 3.05) is 38.3 Å². The van der Waals surface area contributed by atoms with E-state index in [1.165, 1.54) is 12.1 Å². The molecule has 1 saturated heterocycles. The van der Waals surface area contributed by atoms with Gasteiger partial charge in [-0.2, -0.15) is 0 Å². The summed E-state index contributed by atoms with van der Waals surface area (Å²) in [6, 6.07) is 10.4. The van der Waals surface area contributed by atoms with Crippen LogP contribution < -0.4 is 10.6 Å². The average Bonchev–Trinajstić information content (AvgIpc) is 2.41. The minimum absolute atomic E-state index is 0.128. The van der Waals surface area contributed by atoms with Crippen molar-refractivity contribution in [2.24, 2.45) is 11.1 Å². The van der Waals surface area contributed by atoms with Crippen LogP contribution in [-0.4, -0.2) is 33.4 Å². The third-order valence-electron chi connectivity index (χ3n) is 3.61. The van der Waals surface area contributed by atoms with Gasteiger partial charge in [-0.3, -0.25) is 0 Å². The van der Waals surface area contributed by atoms with E-state index in [0.29, 0.717) is 6.54 Å². The highest BCUT2D eigenvalue weighted by Crippen LogP contribution is 2.29. The molecule has 3 heteroatoms. The van der Waals surface area contributed by atoms with Gasteiger partial charge in [-0.15, -0.1) is 0 Å². The van der Waals surface area contributed by atoms with Crippen LogP contribution in [0.25, 0.3) is 0 Å². The van der Waals surface area contributed by atoms with Crippen LogP contribution in [0, 0.1) is 5.41 Å². The minimum Gasteiger partial charge on any atom is -0.381 e. The molecule has 0 aromatic heterocycles. The summed E-state index contributed by atoms with van der Waals surface area (Å²) in [4.78, 5) is 2.28. The summed E-state index contributed by atoms with van der Waals surface area (Å²) in [6.45, 7) is 3.34. The predicted octanol–water partition coefficient (Wildman–Crippen LogP) is 1.88. The quantitative estimate of drug-likeness (QED) is 0.864. The van der Waals surface area contributed by atoms with Gasteiger partial charge in [-0.25, -0.2) is 0 Å². The van der Waals surface area contributed by atoms with E-state index < -0.39 is 0 Å². The maximum Gasteiger partial charge on any atom is 0.0551 e. The fourth-order valence-corrected chi connectivity index (χ4v) is 2.54. The molecule has 1 unspecified atom stereocenters. The van der Waals surface area contributed by atoms with Crippen molar-refractivity contribution in [1.82, 2.24) is 0 Å². The van der Waals surface area contributed by atoms with Crippen LogP contribution >= 0.6 is 0 Å². The molecule has 1 heterocycles. The van der Waals surface area contributed by atoms with E-state index in [1.807, 2.05) is 6.07 Å². The molecule has 1 atom stereocenters. The second kappa shape index (κ2) is 5.52. The Balaban J connectivity index is 2.03. The second-order valence-corrected chi connectivity index (χ2v) is 5.05. The molecule has 17 heavy (non-hydrogen) atoms. The zero-order chi connectivity index (χ0) is 12.1. The number of hydrogen-bond donors (Lipinski definition) is 1. The highest BCUT2D eigenvalue weighted by atomic mass is 16.5. The summed E-state index contributed by atoms with van der Waals surface area (Å²) >= 11 is 0. The number of hydrogen-bond acceptors (Lipinski definition) is 3. The molecule has 0 amide bonds. The van der Waals surface area contributed by atoms with Crippen molar-refractivity contribution >= 4 is 5.69 Å². The summed E-state index contributed by atoms with van der Waals surface area (Å²) in [5, 5.41) is 0. The minimum atomic E-state index is 0.128. The summed E-state index contributed by atoms with van der Waals surface area (Å²) in [7, 11) is 2.13. The monoisotopic (exact) mass is 234 g/mol. The largest absolute Gasteiger partial charge is 0.381 e. The van der Waals surface area contributed by atoms with Crippen LogP contribution in [-0.2, 0) is 4.74 Å². The van der Waals surface area contributed by atoms with Gasteiger partial charge in [0, 0.05) is 37.8 Å². The van der Waals surface area contributed by atoms with Gasteiger partial charge in [-0.05, 0) is 25.0 Å². The van der Waals surface area contributed by atoms with Gasteiger partial charge in [-0.1, -0.05) is 18.2 Å². The third-order valence-corrected chi connectivity index (χ3v) is 3.61. The van der Waals surface area contributed by atoms with E-state index in [9.17, 15) is 0 Å². The van der Waals surface area contributed by atoms with Gasteiger partial charge in [0.05, 0.1) is 6.61 Å². The SMILES string of the molecule is CN(CC1(CN)CCCOC1)c1ccccc1. The van der Waals surface area contributed by atoms with Crippen molar-refractivity contribution < 1.29 is 4.74 Å². The van der Waals surface area contributed by atoms with E-state index in [0.717, 1.165) is 26.2 Å². The molecule has 1 fully saturated rings. The maximum absolute atomic E-state index is 5.96. The fourth-order valence-electron chi connectivity index (χ4n) is 2.54. The molecule has 0 spiro atoms. The van der Waals surface area contributed by atoms with Gasteiger partial charge < -0.3 is 15.4 Å². The van der Waals surface area contributed by atoms with Crippen LogP contribution in [0.3, 0.4) is 0 Å². The van der Waals surface area contributed by atoms with Gasteiger partial charge in [0.1, 0.15) is 0 Å². The molecule has 0 bridgehead atoms. The number of anilines is 1. The molecular formula is C14H22N2O. The van der Waals surface area contributed by atoms with Crippen molar-refractivity contribution in [2.45, 2.75) is 12.8 Å². The van der Waals surface area contributed by atoms with Crippen LogP contribution in [0.2, 0.25) is 0 Å². The third kappa shape index (κ3) is 2.99. The lowest BCUT2D eigenvalue weighted by molar-refractivity contribution is 0.00170. The number of para-hydroxylation sites is 1. The molecule has 3 nitrogen and oxygen atoms in total. The van der Waals surface area contributed by atoms with Crippen molar-refractivity contribution in [3.63, 3.8) is 0 Å². The molecule has 0 saturated carbocycles. The normalized spacial score (nSPS) is 24.6. The van der Waals surface area contributed by atoms with Crippen molar-refractivity contribution in [1.29, 1.82) is 0 Å². The average molecular weight is 234 g/mol. The smallest absolute Gasteiger partial charge is 0.0551 e.